The van der Waals surface area contributed by atoms with Crippen LogP contribution < -0.4 is 14.8 Å². The number of ether oxygens (including phenoxy) is 2. The molecule has 0 aromatic heterocycles. The number of hydrogen-bond donors (Lipinski definition) is 1. The number of hydrogen-bond acceptors (Lipinski definition) is 4. The van der Waals surface area contributed by atoms with Crippen LogP contribution in [0.4, 0.5) is 0 Å². The molecule has 1 N–H and O–H groups in total. The molecule has 1 fully saturated rings. The molecule has 21 heavy (non-hydrogen) atoms. The maximum atomic E-state index is 5.48. The van der Waals surface area contributed by atoms with Crippen molar-refractivity contribution in [1.29, 1.82) is 0 Å². The Labute approximate surface area is 134 Å². The lowest BCUT2D eigenvalue weighted by atomic mass is 10.1. The molecule has 5 heteroatoms. The van der Waals surface area contributed by atoms with E-state index in [0.717, 1.165) is 31.1 Å². The predicted octanol–water partition coefficient (Wildman–Crippen LogP) is 2.70. The van der Waals surface area contributed by atoms with Crippen molar-refractivity contribution in [2.24, 2.45) is 0 Å². The van der Waals surface area contributed by atoms with E-state index in [4.69, 9.17) is 9.47 Å². The van der Waals surface area contributed by atoms with E-state index in [9.17, 15) is 0 Å². The van der Waals surface area contributed by atoms with E-state index in [1.54, 1.807) is 14.2 Å². The van der Waals surface area contributed by atoms with Gasteiger partial charge in [-0.05, 0) is 45.5 Å². The van der Waals surface area contributed by atoms with E-state index in [1.165, 1.54) is 24.8 Å². The quantitative estimate of drug-likeness (QED) is 0.906. The third-order valence-corrected chi connectivity index (χ3v) is 4.08. The smallest absolute Gasteiger partial charge is 0.127 e. The minimum atomic E-state index is 0. The van der Waals surface area contributed by atoms with Crippen LogP contribution in [-0.4, -0.2) is 45.3 Å². The van der Waals surface area contributed by atoms with Gasteiger partial charge in [-0.1, -0.05) is 6.07 Å². The number of benzene rings is 1. The fourth-order valence-electron chi connectivity index (χ4n) is 2.82. The molecule has 1 saturated heterocycles. The molecule has 0 radical (unpaired) electrons. The highest BCUT2D eigenvalue weighted by Gasteiger charge is 2.18. The first-order chi connectivity index (χ1) is 9.74. The SMILES string of the molecule is COc1ccc(CN(C)C2CCCNCC2)c(OC)c1.Cl. The Hall–Kier alpha value is -0.970. The molecular formula is C16H27ClN2O2. The first-order valence-electron chi connectivity index (χ1n) is 7.36. The normalized spacial score (nSPS) is 18.8. The van der Waals surface area contributed by atoms with Gasteiger partial charge in [0.15, 0.2) is 0 Å². The number of halogens is 1. The molecule has 1 aromatic carbocycles. The summed E-state index contributed by atoms with van der Waals surface area (Å²) in [5.41, 5.74) is 1.22. The highest BCUT2D eigenvalue weighted by molar-refractivity contribution is 5.85. The van der Waals surface area contributed by atoms with Crippen LogP contribution in [0.25, 0.3) is 0 Å². The van der Waals surface area contributed by atoms with Crippen LogP contribution in [0.5, 0.6) is 11.5 Å². The van der Waals surface area contributed by atoms with Crippen LogP contribution in [0.2, 0.25) is 0 Å². The maximum Gasteiger partial charge on any atom is 0.127 e. The molecule has 0 saturated carbocycles. The summed E-state index contributed by atoms with van der Waals surface area (Å²) in [6.07, 6.45) is 3.74. The molecule has 1 atom stereocenters. The summed E-state index contributed by atoms with van der Waals surface area (Å²) in [6.45, 7) is 3.18. The van der Waals surface area contributed by atoms with Crippen molar-refractivity contribution in [1.82, 2.24) is 10.2 Å². The van der Waals surface area contributed by atoms with Gasteiger partial charge in [0.05, 0.1) is 14.2 Å². The summed E-state index contributed by atoms with van der Waals surface area (Å²) < 4.78 is 10.7. The van der Waals surface area contributed by atoms with Crippen molar-refractivity contribution in [3.8, 4) is 11.5 Å². The molecule has 1 aliphatic heterocycles. The maximum absolute atomic E-state index is 5.48. The van der Waals surface area contributed by atoms with Crippen LogP contribution in [0.15, 0.2) is 18.2 Å². The minimum Gasteiger partial charge on any atom is -0.497 e. The van der Waals surface area contributed by atoms with Crippen molar-refractivity contribution >= 4 is 12.4 Å². The molecule has 4 nitrogen and oxygen atoms in total. The molecule has 120 valence electrons. The molecule has 0 amide bonds. The molecule has 1 unspecified atom stereocenters. The lowest BCUT2D eigenvalue weighted by Crippen LogP contribution is -2.32. The van der Waals surface area contributed by atoms with Gasteiger partial charge in [-0.2, -0.15) is 0 Å². The second kappa shape index (κ2) is 9.13. The number of rotatable bonds is 5. The Morgan fingerprint density at radius 2 is 2.00 bits per heavy atom. The van der Waals surface area contributed by atoms with E-state index >= 15 is 0 Å². The monoisotopic (exact) mass is 314 g/mol. The van der Waals surface area contributed by atoms with E-state index in [-0.39, 0.29) is 12.4 Å². The summed E-state index contributed by atoms with van der Waals surface area (Å²) in [4.78, 5) is 2.44. The zero-order chi connectivity index (χ0) is 14.4. The largest absolute Gasteiger partial charge is 0.497 e. The Morgan fingerprint density at radius 3 is 2.71 bits per heavy atom. The Morgan fingerprint density at radius 1 is 1.19 bits per heavy atom. The zero-order valence-electron chi connectivity index (χ0n) is 13.2. The summed E-state index contributed by atoms with van der Waals surface area (Å²) in [6, 6.07) is 6.71. The van der Waals surface area contributed by atoms with Gasteiger partial charge in [0, 0.05) is 24.2 Å². The molecule has 1 heterocycles. The highest BCUT2D eigenvalue weighted by Crippen LogP contribution is 2.26. The fourth-order valence-corrected chi connectivity index (χ4v) is 2.82. The number of nitrogens with one attached hydrogen (secondary N) is 1. The Bertz CT molecular complexity index is 421. The van der Waals surface area contributed by atoms with Crippen LogP contribution in [0.1, 0.15) is 24.8 Å². The van der Waals surface area contributed by atoms with Gasteiger partial charge in [-0.25, -0.2) is 0 Å². The van der Waals surface area contributed by atoms with Crippen LogP contribution in [0, 0.1) is 0 Å². The minimum absolute atomic E-state index is 0. The standard InChI is InChI=1S/C16H26N2O2.ClH/c1-18(14-5-4-9-17-10-8-14)12-13-6-7-15(19-2)11-16(13)20-3;/h6-7,11,14,17H,4-5,8-10,12H2,1-3H3;1H. The first kappa shape index (κ1) is 18.1. The van der Waals surface area contributed by atoms with Gasteiger partial charge in [0.1, 0.15) is 11.5 Å². The van der Waals surface area contributed by atoms with Crippen molar-refractivity contribution < 1.29 is 9.47 Å². The molecule has 1 aromatic rings. The lowest BCUT2D eigenvalue weighted by molar-refractivity contribution is 0.214. The van der Waals surface area contributed by atoms with Gasteiger partial charge in [0.25, 0.3) is 0 Å². The van der Waals surface area contributed by atoms with Crippen molar-refractivity contribution in [3.05, 3.63) is 23.8 Å². The number of methoxy groups -OCH3 is 2. The molecule has 2 rings (SSSR count). The molecular weight excluding hydrogens is 288 g/mol. The fraction of sp³-hybridized carbons (Fsp3) is 0.625. The van der Waals surface area contributed by atoms with Crippen molar-refractivity contribution in [2.45, 2.75) is 31.8 Å². The van der Waals surface area contributed by atoms with Crippen LogP contribution >= 0.6 is 12.4 Å². The summed E-state index contributed by atoms with van der Waals surface area (Å²) in [7, 11) is 5.60. The lowest BCUT2D eigenvalue weighted by Gasteiger charge is -2.27. The van der Waals surface area contributed by atoms with Crippen LogP contribution in [0.3, 0.4) is 0 Å². The number of nitrogens with zero attached hydrogens (tertiary/aromatic N) is 1. The van der Waals surface area contributed by atoms with Gasteiger partial charge < -0.3 is 14.8 Å². The molecule has 1 aliphatic rings. The van der Waals surface area contributed by atoms with Gasteiger partial charge >= 0.3 is 0 Å². The third-order valence-electron chi connectivity index (χ3n) is 4.08. The highest BCUT2D eigenvalue weighted by atomic mass is 35.5. The van der Waals surface area contributed by atoms with Crippen LogP contribution in [-0.2, 0) is 6.54 Å². The second-order valence-electron chi connectivity index (χ2n) is 5.43. The van der Waals surface area contributed by atoms with Gasteiger partial charge in [0.2, 0.25) is 0 Å². The average molecular weight is 315 g/mol. The van der Waals surface area contributed by atoms with Gasteiger partial charge in [-0.3, -0.25) is 4.90 Å². The van der Waals surface area contributed by atoms with Crippen molar-refractivity contribution in [3.63, 3.8) is 0 Å². The first-order valence-corrected chi connectivity index (χ1v) is 7.36. The zero-order valence-corrected chi connectivity index (χ0v) is 14.0. The average Bonchev–Trinajstić information content (AvgIpc) is 2.76. The topological polar surface area (TPSA) is 33.7 Å². The predicted molar refractivity (Wildman–Crippen MR) is 88.8 cm³/mol. The van der Waals surface area contributed by atoms with Crippen molar-refractivity contribution in [2.75, 3.05) is 34.4 Å². The summed E-state index contributed by atoms with van der Waals surface area (Å²) >= 11 is 0. The van der Waals surface area contributed by atoms with E-state index in [0.29, 0.717) is 6.04 Å². The molecule has 0 aliphatic carbocycles. The van der Waals surface area contributed by atoms with E-state index in [1.807, 2.05) is 12.1 Å². The summed E-state index contributed by atoms with van der Waals surface area (Å²) in [5.74, 6) is 1.75. The molecule has 0 bridgehead atoms. The second-order valence-corrected chi connectivity index (χ2v) is 5.43. The Kier molecular flexibility index (Phi) is 7.86. The summed E-state index contributed by atoms with van der Waals surface area (Å²) in [5, 5.41) is 3.47. The van der Waals surface area contributed by atoms with E-state index in [2.05, 4.69) is 23.3 Å². The van der Waals surface area contributed by atoms with Gasteiger partial charge in [-0.15, -0.1) is 12.4 Å². The molecule has 0 spiro atoms. The Balaban J connectivity index is 0.00000220. The third kappa shape index (κ3) is 5.06. The van der Waals surface area contributed by atoms with E-state index < -0.39 is 0 Å².